The predicted molar refractivity (Wildman–Crippen MR) is 177 cm³/mol. The van der Waals surface area contributed by atoms with Gasteiger partial charge in [-0.15, -0.1) is 11.0 Å². The molecule has 1 saturated carbocycles. The number of carbonyl (C=O) groups is 3. The Labute approximate surface area is 274 Å². The number of carbonyl (C=O) groups excluding carboxylic acids is 3. The zero-order chi connectivity index (χ0) is 34.4. The van der Waals surface area contributed by atoms with Crippen LogP contribution >= 0.6 is 12.1 Å². The van der Waals surface area contributed by atoms with Crippen molar-refractivity contribution in [2.24, 2.45) is 11.3 Å². The second-order valence-electron chi connectivity index (χ2n) is 12.4. The quantitative estimate of drug-likeness (QED) is 0.160. The number of hydrogen-bond donors (Lipinski definition) is 4. The first-order valence-electron chi connectivity index (χ1n) is 15.2. The van der Waals surface area contributed by atoms with Gasteiger partial charge in [-0.3, -0.25) is 28.7 Å². The van der Waals surface area contributed by atoms with Crippen LogP contribution in [0.3, 0.4) is 0 Å². The van der Waals surface area contributed by atoms with Crippen molar-refractivity contribution in [1.82, 2.24) is 24.4 Å². The summed E-state index contributed by atoms with van der Waals surface area (Å²) in [5.41, 5.74) is -0.0890. The number of nitrogens with one attached hydrogen (secondary N) is 3. The molecule has 1 saturated heterocycles. The second kappa shape index (κ2) is 15.3. The van der Waals surface area contributed by atoms with E-state index < -0.39 is 29.0 Å². The van der Waals surface area contributed by atoms with Gasteiger partial charge in [-0.1, -0.05) is 26.8 Å². The van der Waals surface area contributed by atoms with Gasteiger partial charge in [-0.2, -0.15) is 0 Å². The Bertz CT molecular complexity index is 1490. The number of aryl methyl sites for hydroxylation is 1. The third-order valence-corrected chi connectivity index (χ3v) is 8.86. The van der Waals surface area contributed by atoms with Crippen molar-refractivity contribution in [2.45, 2.75) is 71.6 Å². The first-order chi connectivity index (χ1) is 21.6. The molecule has 46 heavy (non-hydrogen) atoms. The van der Waals surface area contributed by atoms with Crippen LogP contribution in [0.15, 0.2) is 35.6 Å². The molecule has 1 aliphatic carbocycles. The number of aliphatic hydroxyl groups is 1. The summed E-state index contributed by atoms with van der Waals surface area (Å²) >= 11 is 0.964. The van der Waals surface area contributed by atoms with Crippen LogP contribution in [0.5, 0.6) is 11.6 Å². The van der Waals surface area contributed by atoms with E-state index in [1.165, 1.54) is 22.5 Å². The van der Waals surface area contributed by atoms with E-state index in [2.05, 4.69) is 21.6 Å². The molecular weight excluding hydrogens is 614 g/mol. The first-order valence-corrected chi connectivity index (χ1v) is 15.9. The van der Waals surface area contributed by atoms with Crippen LogP contribution in [-0.2, 0) is 19.2 Å². The topological polar surface area (TPSA) is 163 Å². The van der Waals surface area contributed by atoms with Gasteiger partial charge >= 0.3 is 0 Å². The number of methoxy groups -OCH3 is 1. The number of benzene rings is 1. The first kappa shape index (κ1) is 36.9. The average Bonchev–Trinajstić information content (AvgIpc) is 3.50. The molecule has 1 aromatic heterocycles. The Morgan fingerprint density at radius 3 is 2.57 bits per heavy atom. The summed E-state index contributed by atoms with van der Waals surface area (Å²) in [4.78, 5) is 59.8. The summed E-state index contributed by atoms with van der Waals surface area (Å²) < 4.78 is 14.6. The highest BCUT2D eigenvalue weighted by molar-refractivity contribution is 7.95. The lowest BCUT2D eigenvalue weighted by atomic mass is 9.88. The highest BCUT2D eigenvalue weighted by Crippen LogP contribution is 2.45. The van der Waals surface area contributed by atoms with Crippen LogP contribution in [0.25, 0.3) is 10.9 Å². The van der Waals surface area contributed by atoms with Crippen molar-refractivity contribution in [3.8, 4) is 11.6 Å². The summed E-state index contributed by atoms with van der Waals surface area (Å²) in [7, 11) is 4.72. The number of H-pyrrole nitrogens is 1. The number of aromatic amines is 1. The van der Waals surface area contributed by atoms with E-state index in [0.29, 0.717) is 43.7 Å². The minimum atomic E-state index is -1.20. The summed E-state index contributed by atoms with van der Waals surface area (Å²) in [6.45, 7) is 13.8. The van der Waals surface area contributed by atoms with Crippen LogP contribution in [0.2, 0.25) is 0 Å². The SMILES string of the molecule is C=CC1C[C@]1(NC(=O)C1CCCN1C(=O)C(O)C(C)(C)C)C(=O)NSN(C)OC.CCOc1cc(=O)c2ccc(OC)c(C)c2[nH]1. The van der Waals surface area contributed by atoms with Crippen molar-refractivity contribution >= 4 is 40.8 Å². The number of rotatable bonds is 11. The molecule has 4 rings (SSSR count). The number of nitrogens with zero attached hydrogens (tertiary/aromatic N) is 2. The fourth-order valence-electron chi connectivity index (χ4n) is 5.27. The van der Waals surface area contributed by atoms with Gasteiger partial charge in [-0.25, -0.2) is 0 Å². The molecule has 0 radical (unpaired) electrons. The number of hydrogen-bond acceptors (Lipinski definition) is 10. The van der Waals surface area contributed by atoms with Gasteiger partial charge < -0.3 is 29.8 Å². The number of aliphatic hydroxyl groups excluding tert-OH is 1. The van der Waals surface area contributed by atoms with Crippen molar-refractivity contribution in [3.05, 3.63) is 46.6 Å². The fraction of sp³-hybridized carbons (Fsp3) is 0.562. The number of likely N-dealkylation sites (tertiary alicyclic amines) is 1. The Morgan fingerprint density at radius 2 is 2.00 bits per heavy atom. The number of aromatic nitrogens is 1. The second-order valence-corrected chi connectivity index (χ2v) is 13.3. The molecule has 4 atom stereocenters. The molecule has 1 aromatic carbocycles. The third kappa shape index (κ3) is 8.21. The molecule has 2 aliphatic rings. The lowest BCUT2D eigenvalue weighted by molar-refractivity contribution is -0.150. The molecule has 0 spiro atoms. The number of hydroxylamine groups is 1. The van der Waals surface area contributed by atoms with E-state index >= 15 is 0 Å². The highest BCUT2D eigenvalue weighted by Gasteiger charge is 2.60. The lowest BCUT2D eigenvalue weighted by Gasteiger charge is -2.32. The van der Waals surface area contributed by atoms with Gasteiger partial charge in [0.1, 0.15) is 23.4 Å². The Balaban J connectivity index is 0.000000286. The number of ether oxygens (including phenoxy) is 2. The largest absolute Gasteiger partial charge is 0.496 e. The maximum atomic E-state index is 13.0. The number of amides is 3. The molecule has 0 bridgehead atoms. The van der Waals surface area contributed by atoms with Gasteiger partial charge in [0.2, 0.25) is 5.91 Å². The van der Waals surface area contributed by atoms with Gasteiger partial charge in [0, 0.05) is 36.5 Å². The van der Waals surface area contributed by atoms with Gasteiger partial charge in [-0.05, 0) is 50.7 Å². The van der Waals surface area contributed by atoms with Crippen LogP contribution < -0.4 is 24.9 Å². The van der Waals surface area contributed by atoms with E-state index in [1.54, 1.807) is 53.1 Å². The maximum Gasteiger partial charge on any atom is 0.257 e. The van der Waals surface area contributed by atoms with Crippen LogP contribution in [0.4, 0.5) is 0 Å². The highest BCUT2D eigenvalue weighted by atomic mass is 32.2. The molecule has 3 unspecified atom stereocenters. The summed E-state index contributed by atoms with van der Waals surface area (Å²) in [6.07, 6.45) is 2.05. The predicted octanol–water partition coefficient (Wildman–Crippen LogP) is 2.86. The average molecular weight is 662 g/mol. The van der Waals surface area contributed by atoms with E-state index in [-0.39, 0.29) is 23.2 Å². The fourth-order valence-corrected chi connectivity index (χ4v) is 5.74. The number of pyridine rings is 1. The smallest absolute Gasteiger partial charge is 0.257 e. The van der Waals surface area contributed by atoms with Crippen molar-refractivity contribution in [1.29, 1.82) is 0 Å². The maximum absolute atomic E-state index is 13.0. The van der Waals surface area contributed by atoms with Crippen LogP contribution in [-0.4, -0.2) is 89.3 Å². The third-order valence-electron chi connectivity index (χ3n) is 8.18. The van der Waals surface area contributed by atoms with Crippen molar-refractivity contribution in [3.63, 3.8) is 0 Å². The lowest BCUT2D eigenvalue weighted by Crippen LogP contribution is -2.56. The Hall–Kier alpha value is -3.59. The van der Waals surface area contributed by atoms with Crippen molar-refractivity contribution in [2.75, 3.05) is 34.4 Å². The molecule has 4 N–H and O–H groups in total. The van der Waals surface area contributed by atoms with Crippen LogP contribution in [0.1, 0.15) is 52.5 Å². The zero-order valence-corrected chi connectivity index (χ0v) is 28.7. The zero-order valence-electron chi connectivity index (χ0n) is 27.9. The minimum absolute atomic E-state index is 0.0482. The van der Waals surface area contributed by atoms with E-state index in [9.17, 15) is 24.3 Å². The summed E-state index contributed by atoms with van der Waals surface area (Å²) in [5, 5.41) is 13.8. The molecule has 2 aromatic rings. The molecule has 14 heteroatoms. The van der Waals surface area contributed by atoms with E-state index in [0.717, 1.165) is 29.0 Å². The number of fused-ring (bicyclic) bond motifs is 1. The molecule has 2 heterocycles. The molecular formula is C32H47N5O8S. The van der Waals surface area contributed by atoms with Crippen LogP contribution in [0, 0.1) is 18.3 Å². The van der Waals surface area contributed by atoms with E-state index in [1.807, 2.05) is 13.8 Å². The monoisotopic (exact) mass is 661 g/mol. The molecule has 254 valence electrons. The summed E-state index contributed by atoms with van der Waals surface area (Å²) in [6, 6.07) is 4.32. The minimum Gasteiger partial charge on any atom is -0.496 e. The van der Waals surface area contributed by atoms with Gasteiger partial charge in [0.05, 0.1) is 38.5 Å². The molecule has 13 nitrogen and oxygen atoms in total. The molecule has 1 aliphatic heterocycles. The molecule has 3 amide bonds. The van der Waals surface area contributed by atoms with E-state index in [4.69, 9.17) is 14.3 Å². The Kier molecular flexibility index (Phi) is 12.3. The molecule has 2 fully saturated rings. The van der Waals surface area contributed by atoms with Crippen molar-refractivity contribution < 1.29 is 33.8 Å². The summed E-state index contributed by atoms with van der Waals surface area (Å²) in [5.74, 6) is -0.146. The van der Waals surface area contributed by atoms with Gasteiger partial charge in [0.25, 0.3) is 11.8 Å². The Morgan fingerprint density at radius 1 is 1.30 bits per heavy atom. The standard InChI is InChI=1S/C19H32N4O5S.C13H15NO3/c1-7-12-11-19(12,17(27)21-29-22(5)28-6)20-15(25)13-9-8-10-23(13)16(26)14(24)18(2,3)4;1-4-17-12-7-10(15)9-5-6-11(16-3)8(2)13(9)14-12/h7,12-14,24H,1,8-11H2,2-6H3,(H,20,25)(H,21,27);5-7H,4H2,1-3H3,(H,14,15)/t12?,13?,14?,19-;/m1./s1. The van der Waals surface area contributed by atoms with Gasteiger partial charge in [0.15, 0.2) is 11.3 Å². The normalized spacial score (nSPS) is 21.2.